The minimum absolute atomic E-state index is 0.0603. The molecule has 1 aromatic carbocycles. The van der Waals surface area contributed by atoms with E-state index in [4.69, 9.17) is 9.47 Å². The van der Waals surface area contributed by atoms with Crippen LogP contribution in [0.25, 0.3) is 0 Å². The zero-order chi connectivity index (χ0) is 14.3. The van der Waals surface area contributed by atoms with Crippen LogP contribution in [0, 0.1) is 5.92 Å². The van der Waals surface area contributed by atoms with Gasteiger partial charge in [0.25, 0.3) is 0 Å². The van der Waals surface area contributed by atoms with Crippen molar-refractivity contribution in [1.82, 2.24) is 5.32 Å². The molecule has 0 fully saturated rings. The molecule has 0 spiro atoms. The average Bonchev–Trinajstić information content (AvgIpc) is 2.44. The van der Waals surface area contributed by atoms with Crippen LogP contribution in [0.4, 0.5) is 0 Å². The number of ether oxygens (including phenoxy) is 2. The van der Waals surface area contributed by atoms with Gasteiger partial charge in [0.1, 0.15) is 0 Å². The molecular weight excluding hydrogens is 242 g/mol. The van der Waals surface area contributed by atoms with E-state index in [0.717, 1.165) is 18.4 Å². The average molecular weight is 265 g/mol. The normalized spacial score (nSPS) is 11.8. The zero-order valence-corrected chi connectivity index (χ0v) is 12.2. The molecule has 0 aliphatic carbocycles. The molecule has 4 nitrogen and oxygen atoms in total. The van der Waals surface area contributed by atoms with E-state index in [-0.39, 0.29) is 11.8 Å². The first-order valence-corrected chi connectivity index (χ1v) is 6.61. The lowest BCUT2D eigenvalue weighted by atomic mass is 10.1. The number of hydrogen-bond acceptors (Lipinski definition) is 3. The van der Waals surface area contributed by atoms with Crippen molar-refractivity contribution in [2.75, 3.05) is 14.2 Å². The zero-order valence-electron chi connectivity index (χ0n) is 12.2. The molecule has 1 unspecified atom stereocenters. The lowest BCUT2D eigenvalue weighted by Gasteiger charge is -2.13. The van der Waals surface area contributed by atoms with E-state index in [1.807, 2.05) is 25.1 Å². The predicted molar refractivity (Wildman–Crippen MR) is 75.5 cm³/mol. The Kier molecular flexibility index (Phi) is 6.19. The molecule has 0 aromatic heterocycles. The Bertz CT molecular complexity index is 418. The highest BCUT2D eigenvalue weighted by Crippen LogP contribution is 2.27. The summed E-state index contributed by atoms with van der Waals surface area (Å²) >= 11 is 0. The summed E-state index contributed by atoms with van der Waals surface area (Å²) in [7, 11) is 3.20. The largest absolute Gasteiger partial charge is 0.493 e. The second-order valence-corrected chi connectivity index (χ2v) is 4.60. The van der Waals surface area contributed by atoms with E-state index in [1.165, 1.54) is 0 Å². The fourth-order valence-electron chi connectivity index (χ4n) is 1.92. The number of hydrogen-bond donors (Lipinski definition) is 1. The third-order valence-corrected chi connectivity index (χ3v) is 3.08. The van der Waals surface area contributed by atoms with Crippen LogP contribution in [0.15, 0.2) is 18.2 Å². The summed E-state index contributed by atoms with van der Waals surface area (Å²) in [5.74, 6) is 1.52. The van der Waals surface area contributed by atoms with Gasteiger partial charge < -0.3 is 14.8 Å². The Morgan fingerprint density at radius 1 is 1.26 bits per heavy atom. The van der Waals surface area contributed by atoms with Crippen molar-refractivity contribution in [3.8, 4) is 11.5 Å². The molecule has 1 N–H and O–H groups in total. The van der Waals surface area contributed by atoms with Gasteiger partial charge in [0, 0.05) is 12.5 Å². The summed E-state index contributed by atoms with van der Waals surface area (Å²) in [6.45, 7) is 4.54. The quantitative estimate of drug-likeness (QED) is 0.824. The van der Waals surface area contributed by atoms with E-state index in [9.17, 15) is 4.79 Å². The molecule has 0 saturated carbocycles. The summed E-state index contributed by atoms with van der Waals surface area (Å²) in [6.07, 6.45) is 1.93. The third kappa shape index (κ3) is 4.47. The Morgan fingerprint density at radius 3 is 2.53 bits per heavy atom. The summed E-state index contributed by atoms with van der Waals surface area (Å²) in [4.78, 5) is 11.8. The number of benzene rings is 1. The van der Waals surface area contributed by atoms with Gasteiger partial charge in [-0.15, -0.1) is 0 Å². The van der Waals surface area contributed by atoms with Crippen molar-refractivity contribution in [3.63, 3.8) is 0 Å². The van der Waals surface area contributed by atoms with Crippen molar-refractivity contribution in [2.24, 2.45) is 5.92 Å². The fraction of sp³-hybridized carbons (Fsp3) is 0.533. The first-order valence-electron chi connectivity index (χ1n) is 6.61. The van der Waals surface area contributed by atoms with Crippen molar-refractivity contribution in [2.45, 2.75) is 33.2 Å². The fourth-order valence-corrected chi connectivity index (χ4v) is 1.92. The Morgan fingerprint density at radius 2 is 1.95 bits per heavy atom. The van der Waals surface area contributed by atoms with Crippen LogP contribution in [0.5, 0.6) is 11.5 Å². The SMILES string of the molecule is CCCC(C)C(=O)NCc1ccc(OC)c(OC)c1. The number of carbonyl (C=O) groups is 1. The highest BCUT2D eigenvalue weighted by molar-refractivity contribution is 5.78. The van der Waals surface area contributed by atoms with Gasteiger partial charge in [0.15, 0.2) is 11.5 Å². The second kappa shape index (κ2) is 7.67. The lowest BCUT2D eigenvalue weighted by Crippen LogP contribution is -2.28. The maximum Gasteiger partial charge on any atom is 0.223 e. The minimum atomic E-state index is 0.0603. The molecular formula is C15H23NO3. The molecule has 0 saturated heterocycles. The van der Waals surface area contributed by atoms with Crippen LogP contribution in [0.3, 0.4) is 0 Å². The molecule has 0 aliphatic heterocycles. The summed E-state index contributed by atoms with van der Waals surface area (Å²) in [5, 5.41) is 2.94. The van der Waals surface area contributed by atoms with E-state index >= 15 is 0 Å². The minimum Gasteiger partial charge on any atom is -0.493 e. The van der Waals surface area contributed by atoms with Gasteiger partial charge in [-0.2, -0.15) is 0 Å². The van der Waals surface area contributed by atoms with Crippen LogP contribution >= 0.6 is 0 Å². The topological polar surface area (TPSA) is 47.6 Å². The van der Waals surface area contributed by atoms with Crippen molar-refractivity contribution in [3.05, 3.63) is 23.8 Å². The van der Waals surface area contributed by atoms with Crippen molar-refractivity contribution >= 4 is 5.91 Å². The maximum absolute atomic E-state index is 11.8. The predicted octanol–water partition coefficient (Wildman–Crippen LogP) is 2.76. The number of amides is 1. The molecule has 0 heterocycles. The molecule has 19 heavy (non-hydrogen) atoms. The van der Waals surface area contributed by atoms with Crippen LogP contribution in [0.2, 0.25) is 0 Å². The van der Waals surface area contributed by atoms with Crippen LogP contribution < -0.4 is 14.8 Å². The van der Waals surface area contributed by atoms with Gasteiger partial charge in [0.05, 0.1) is 14.2 Å². The van der Waals surface area contributed by atoms with E-state index < -0.39 is 0 Å². The Balaban J connectivity index is 2.60. The molecule has 106 valence electrons. The van der Waals surface area contributed by atoms with E-state index in [0.29, 0.717) is 18.0 Å². The number of methoxy groups -OCH3 is 2. The number of nitrogens with one attached hydrogen (secondary N) is 1. The Labute approximate surface area is 115 Å². The standard InChI is InChI=1S/C15H23NO3/c1-5-6-11(2)15(17)16-10-12-7-8-13(18-3)14(9-12)19-4/h7-9,11H,5-6,10H2,1-4H3,(H,16,17). The van der Waals surface area contributed by atoms with Gasteiger partial charge >= 0.3 is 0 Å². The molecule has 1 amide bonds. The highest BCUT2D eigenvalue weighted by atomic mass is 16.5. The first-order chi connectivity index (χ1) is 9.12. The van der Waals surface area contributed by atoms with E-state index in [1.54, 1.807) is 14.2 Å². The molecule has 1 rings (SSSR count). The first kappa shape index (κ1) is 15.3. The highest BCUT2D eigenvalue weighted by Gasteiger charge is 2.11. The second-order valence-electron chi connectivity index (χ2n) is 4.60. The molecule has 0 aliphatic rings. The van der Waals surface area contributed by atoms with Crippen LogP contribution in [0.1, 0.15) is 32.3 Å². The molecule has 1 aromatic rings. The van der Waals surface area contributed by atoms with Gasteiger partial charge in [-0.3, -0.25) is 4.79 Å². The Hall–Kier alpha value is -1.71. The molecule has 0 bridgehead atoms. The number of rotatable bonds is 7. The lowest BCUT2D eigenvalue weighted by molar-refractivity contribution is -0.124. The van der Waals surface area contributed by atoms with Crippen LogP contribution in [-0.4, -0.2) is 20.1 Å². The smallest absolute Gasteiger partial charge is 0.223 e. The van der Waals surface area contributed by atoms with Gasteiger partial charge in [-0.05, 0) is 24.1 Å². The number of carbonyl (C=O) groups excluding carboxylic acids is 1. The molecule has 4 heteroatoms. The van der Waals surface area contributed by atoms with Gasteiger partial charge in [-0.25, -0.2) is 0 Å². The third-order valence-electron chi connectivity index (χ3n) is 3.08. The summed E-state index contributed by atoms with van der Waals surface area (Å²) < 4.78 is 10.4. The molecule has 1 atom stereocenters. The van der Waals surface area contributed by atoms with Gasteiger partial charge in [-0.1, -0.05) is 26.3 Å². The summed E-state index contributed by atoms with van der Waals surface area (Å²) in [5.41, 5.74) is 0.995. The maximum atomic E-state index is 11.8. The summed E-state index contributed by atoms with van der Waals surface area (Å²) in [6, 6.07) is 5.64. The monoisotopic (exact) mass is 265 g/mol. The van der Waals surface area contributed by atoms with Gasteiger partial charge in [0.2, 0.25) is 5.91 Å². The molecule has 0 radical (unpaired) electrons. The van der Waals surface area contributed by atoms with Crippen molar-refractivity contribution in [1.29, 1.82) is 0 Å². The van der Waals surface area contributed by atoms with E-state index in [2.05, 4.69) is 12.2 Å². The van der Waals surface area contributed by atoms with Crippen molar-refractivity contribution < 1.29 is 14.3 Å². The van der Waals surface area contributed by atoms with Crippen LogP contribution in [-0.2, 0) is 11.3 Å².